The van der Waals surface area contributed by atoms with Crippen molar-refractivity contribution in [2.75, 3.05) is 5.73 Å². The average molecular weight is 290 g/mol. The van der Waals surface area contributed by atoms with Crippen molar-refractivity contribution in [3.05, 3.63) is 22.2 Å². The maximum Gasteiger partial charge on any atom is 0.351 e. The van der Waals surface area contributed by atoms with Crippen molar-refractivity contribution >= 4 is 33.2 Å². The Bertz CT molecular complexity index is 698. The lowest BCUT2D eigenvalue weighted by molar-refractivity contribution is 0.00765. The van der Waals surface area contributed by atoms with Crippen LogP contribution in [0.15, 0.2) is 6.07 Å². The lowest BCUT2D eigenvalue weighted by Crippen LogP contribution is -2.23. The fourth-order valence-electron chi connectivity index (χ4n) is 2.47. The molecule has 2 aromatic rings. The van der Waals surface area contributed by atoms with Gasteiger partial charge in [0.05, 0.1) is 5.69 Å². The fraction of sp³-hybridized carbons (Fsp3) is 0.467. The van der Waals surface area contributed by atoms with E-state index in [2.05, 4.69) is 11.1 Å². The SMILES string of the molecule is CC(C)(C)OC(=O)c1sc2nc3c(cc2c1N)CCC3. The highest BCUT2D eigenvalue weighted by Crippen LogP contribution is 2.36. The van der Waals surface area contributed by atoms with Gasteiger partial charge in [-0.15, -0.1) is 11.3 Å². The van der Waals surface area contributed by atoms with Gasteiger partial charge in [0, 0.05) is 11.1 Å². The van der Waals surface area contributed by atoms with Crippen LogP contribution in [0.5, 0.6) is 0 Å². The third-order valence-electron chi connectivity index (χ3n) is 3.33. The van der Waals surface area contributed by atoms with Crippen molar-refractivity contribution < 1.29 is 9.53 Å². The Morgan fingerprint density at radius 1 is 1.40 bits per heavy atom. The summed E-state index contributed by atoms with van der Waals surface area (Å²) in [4.78, 5) is 18.1. The van der Waals surface area contributed by atoms with Gasteiger partial charge in [-0.1, -0.05) is 0 Å². The highest BCUT2D eigenvalue weighted by molar-refractivity contribution is 7.21. The Balaban J connectivity index is 2.05. The third kappa shape index (κ3) is 2.26. The quantitative estimate of drug-likeness (QED) is 0.818. The number of esters is 1. The molecule has 2 N–H and O–H groups in total. The van der Waals surface area contributed by atoms with Crippen LogP contribution < -0.4 is 5.73 Å². The van der Waals surface area contributed by atoms with Gasteiger partial charge in [0.25, 0.3) is 0 Å². The molecule has 2 aromatic heterocycles. The van der Waals surface area contributed by atoms with Gasteiger partial charge in [0.1, 0.15) is 15.3 Å². The monoisotopic (exact) mass is 290 g/mol. The molecule has 1 aliphatic rings. The van der Waals surface area contributed by atoms with Crippen LogP contribution in [0.2, 0.25) is 0 Å². The Labute approximate surface area is 122 Å². The summed E-state index contributed by atoms with van der Waals surface area (Å²) in [7, 11) is 0. The van der Waals surface area contributed by atoms with Gasteiger partial charge in [0.2, 0.25) is 0 Å². The van der Waals surface area contributed by atoms with E-state index in [1.807, 2.05) is 20.8 Å². The highest BCUT2D eigenvalue weighted by atomic mass is 32.1. The minimum atomic E-state index is -0.519. The minimum absolute atomic E-state index is 0.363. The van der Waals surface area contributed by atoms with Crippen molar-refractivity contribution in [1.82, 2.24) is 4.98 Å². The summed E-state index contributed by atoms with van der Waals surface area (Å²) in [5.41, 5.74) is 8.51. The van der Waals surface area contributed by atoms with E-state index in [1.165, 1.54) is 16.9 Å². The fourth-order valence-corrected chi connectivity index (χ4v) is 3.45. The first kappa shape index (κ1) is 13.4. The third-order valence-corrected chi connectivity index (χ3v) is 4.43. The lowest BCUT2D eigenvalue weighted by Gasteiger charge is -2.18. The number of aromatic nitrogens is 1. The van der Waals surface area contributed by atoms with Crippen LogP contribution in [0, 0.1) is 0 Å². The van der Waals surface area contributed by atoms with Gasteiger partial charge in [-0.2, -0.15) is 0 Å². The topological polar surface area (TPSA) is 65.2 Å². The van der Waals surface area contributed by atoms with Crippen molar-refractivity contribution in [2.45, 2.75) is 45.6 Å². The smallest absolute Gasteiger partial charge is 0.351 e. The largest absolute Gasteiger partial charge is 0.456 e. The molecule has 0 bridgehead atoms. The highest BCUT2D eigenvalue weighted by Gasteiger charge is 2.25. The average Bonchev–Trinajstić information content (AvgIpc) is 2.89. The number of anilines is 1. The zero-order chi connectivity index (χ0) is 14.5. The number of carbonyl (C=O) groups excluding carboxylic acids is 1. The summed E-state index contributed by atoms with van der Waals surface area (Å²) in [5, 5.41) is 0.886. The van der Waals surface area contributed by atoms with Gasteiger partial charge in [0.15, 0.2) is 0 Å². The number of nitrogens with two attached hydrogens (primary N) is 1. The van der Waals surface area contributed by atoms with Crippen LogP contribution in [-0.4, -0.2) is 16.6 Å². The lowest BCUT2D eigenvalue weighted by atomic mass is 10.1. The molecule has 2 heterocycles. The van der Waals surface area contributed by atoms with E-state index in [-0.39, 0.29) is 5.97 Å². The van der Waals surface area contributed by atoms with Gasteiger partial charge >= 0.3 is 5.97 Å². The van der Waals surface area contributed by atoms with E-state index < -0.39 is 5.60 Å². The summed E-state index contributed by atoms with van der Waals surface area (Å²) in [6.45, 7) is 5.55. The molecule has 0 atom stereocenters. The van der Waals surface area contributed by atoms with Crippen LogP contribution in [0.1, 0.15) is 48.1 Å². The van der Waals surface area contributed by atoms with E-state index in [0.717, 1.165) is 35.2 Å². The second-order valence-electron chi connectivity index (χ2n) is 6.15. The summed E-state index contributed by atoms with van der Waals surface area (Å²) >= 11 is 1.33. The number of pyridine rings is 1. The Morgan fingerprint density at radius 3 is 2.85 bits per heavy atom. The molecule has 4 nitrogen and oxygen atoms in total. The van der Waals surface area contributed by atoms with Crippen LogP contribution in [0.25, 0.3) is 10.2 Å². The number of aryl methyl sites for hydroxylation is 2. The van der Waals surface area contributed by atoms with Gasteiger partial charge in [-0.3, -0.25) is 0 Å². The minimum Gasteiger partial charge on any atom is -0.456 e. The molecule has 0 saturated carbocycles. The Kier molecular flexibility index (Phi) is 2.97. The number of thiophene rings is 1. The molecule has 1 aliphatic carbocycles. The molecule has 20 heavy (non-hydrogen) atoms. The number of hydrogen-bond acceptors (Lipinski definition) is 5. The number of nitrogen functional groups attached to an aromatic ring is 1. The van der Waals surface area contributed by atoms with Crippen molar-refractivity contribution in [3.63, 3.8) is 0 Å². The first-order valence-electron chi connectivity index (χ1n) is 6.79. The number of carbonyl (C=O) groups is 1. The summed E-state index contributed by atoms with van der Waals surface area (Å²) < 4.78 is 5.40. The van der Waals surface area contributed by atoms with Crippen LogP contribution in [0.4, 0.5) is 5.69 Å². The molecule has 0 saturated heterocycles. The van der Waals surface area contributed by atoms with Crippen LogP contribution in [0.3, 0.4) is 0 Å². The summed E-state index contributed by atoms with van der Waals surface area (Å²) in [5.74, 6) is -0.363. The molecule has 106 valence electrons. The second kappa shape index (κ2) is 4.45. The number of ether oxygens (including phenoxy) is 1. The molecule has 0 aliphatic heterocycles. The van der Waals surface area contributed by atoms with Gasteiger partial charge in [-0.05, 0) is 51.7 Å². The Hall–Kier alpha value is -1.62. The van der Waals surface area contributed by atoms with Crippen molar-refractivity contribution in [3.8, 4) is 0 Å². The van der Waals surface area contributed by atoms with E-state index in [0.29, 0.717) is 10.6 Å². The number of fused-ring (bicyclic) bond motifs is 2. The van der Waals surface area contributed by atoms with E-state index in [1.54, 1.807) is 0 Å². The first-order valence-corrected chi connectivity index (χ1v) is 7.61. The summed E-state index contributed by atoms with van der Waals surface area (Å²) in [6, 6.07) is 2.09. The van der Waals surface area contributed by atoms with E-state index in [4.69, 9.17) is 10.5 Å². The number of nitrogens with zero attached hydrogens (tertiary/aromatic N) is 1. The molecule has 5 heteroatoms. The number of rotatable bonds is 1. The molecule has 0 fully saturated rings. The molecule has 0 amide bonds. The maximum absolute atomic E-state index is 12.2. The second-order valence-corrected chi connectivity index (χ2v) is 7.15. The van der Waals surface area contributed by atoms with Crippen LogP contribution >= 0.6 is 11.3 Å². The zero-order valence-electron chi connectivity index (χ0n) is 11.9. The van der Waals surface area contributed by atoms with Gasteiger partial charge < -0.3 is 10.5 Å². The van der Waals surface area contributed by atoms with E-state index >= 15 is 0 Å². The molecule has 0 radical (unpaired) electrons. The maximum atomic E-state index is 12.2. The molecule has 0 spiro atoms. The first-order chi connectivity index (χ1) is 9.35. The predicted octanol–water partition coefficient (Wildman–Crippen LogP) is 3.32. The van der Waals surface area contributed by atoms with Crippen molar-refractivity contribution in [1.29, 1.82) is 0 Å². The van der Waals surface area contributed by atoms with Crippen LogP contribution in [-0.2, 0) is 17.6 Å². The normalized spacial score (nSPS) is 14.6. The van der Waals surface area contributed by atoms with E-state index in [9.17, 15) is 4.79 Å². The summed E-state index contributed by atoms with van der Waals surface area (Å²) in [6.07, 6.45) is 3.22. The molecular formula is C15H18N2O2S. The zero-order valence-corrected chi connectivity index (χ0v) is 12.8. The van der Waals surface area contributed by atoms with Crippen molar-refractivity contribution in [2.24, 2.45) is 0 Å². The molecular weight excluding hydrogens is 272 g/mol. The Morgan fingerprint density at radius 2 is 2.15 bits per heavy atom. The predicted molar refractivity (Wildman–Crippen MR) is 81.2 cm³/mol. The molecule has 3 rings (SSSR count). The molecule has 0 aromatic carbocycles. The standard InChI is InChI=1S/C15H18N2O2S/c1-15(2,3)19-14(18)12-11(16)9-7-8-5-4-6-10(8)17-13(9)20-12/h7H,4-6,16H2,1-3H3. The van der Waals surface area contributed by atoms with Gasteiger partial charge in [-0.25, -0.2) is 9.78 Å². The number of hydrogen-bond donors (Lipinski definition) is 1. The molecule has 0 unspecified atom stereocenters.